The molecule has 2 aromatic heterocycles. The van der Waals surface area contributed by atoms with Gasteiger partial charge in [0.15, 0.2) is 5.82 Å². The Morgan fingerprint density at radius 2 is 1.61 bits per heavy atom. The molecule has 0 radical (unpaired) electrons. The molecule has 2 aromatic carbocycles. The molecule has 1 amide bonds. The van der Waals surface area contributed by atoms with Crippen molar-refractivity contribution in [3.63, 3.8) is 0 Å². The van der Waals surface area contributed by atoms with E-state index in [1.807, 2.05) is 56.5 Å². The number of carbonyl (C=O) groups is 1. The summed E-state index contributed by atoms with van der Waals surface area (Å²) in [5, 5.41) is 11.3. The molecule has 0 saturated heterocycles. The van der Waals surface area contributed by atoms with Gasteiger partial charge in [-0.15, -0.1) is 10.2 Å². The van der Waals surface area contributed by atoms with Crippen molar-refractivity contribution in [1.82, 2.24) is 19.7 Å². The van der Waals surface area contributed by atoms with E-state index in [9.17, 15) is 4.79 Å². The monoisotopic (exact) mass is 413 g/mol. The molecule has 0 aliphatic rings. The summed E-state index contributed by atoms with van der Waals surface area (Å²) in [7, 11) is 0. The van der Waals surface area contributed by atoms with Gasteiger partial charge in [-0.2, -0.15) is 0 Å². The van der Waals surface area contributed by atoms with Crippen LogP contribution in [0.4, 0.5) is 5.69 Å². The maximum atomic E-state index is 12.5. The molecule has 7 nitrogen and oxygen atoms in total. The highest BCUT2D eigenvalue weighted by Gasteiger charge is 2.09. The minimum atomic E-state index is -0.146. The Labute approximate surface area is 180 Å². The summed E-state index contributed by atoms with van der Waals surface area (Å²) in [4.78, 5) is 16.8. The molecule has 0 spiro atoms. The van der Waals surface area contributed by atoms with Gasteiger partial charge in [-0.3, -0.25) is 9.36 Å². The zero-order valence-electron chi connectivity index (χ0n) is 17.9. The summed E-state index contributed by atoms with van der Waals surface area (Å²) in [6.07, 6.45) is 1.72. The van der Waals surface area contributed by atoms with E-state index in [1.54, 1.807) is 36.7 Å². The number of carbonyl (C=O) groups excluding carboxylic acids is 1. The number of imidazole rings is 1. The largest absolute Gasteiger partial charge is 0.438 e. The number of rotatable bonds is 5. The van der Waals surface area contributed by atoms with Crippen LogP contribution in [-0.4, -0.2) is 25.7 Å². The maximum Gasteiger partial charge on any atom is 0.255 e. The van der Waals surface area contributed by atoms with Crippen molar-refractivity contribution in [1.29, 1.82) is 0 Å². The van der Waals surface area contributed by atoms with Gasteiger partial charge in [-0.1, -0.05) is 17.2 Å². The van der Waals surface area contributed by atoms with Crippen LogP contribution in [0.15, 0.2) is 60.9 Å². The van der Waals surface area contributed by atoms with E-state index in [4.69, 9.17) is 4.74 Å². The van der Waals surface area contributed by atoms with Crippen LogP contribution in [0.25, 0.3) is 5.82 Å². The van der Waals surface area contributed by atoms with E-state index in [1.165, 1.54) is 0 Å². The van der Waals surface area contributed by atoms with Gasteiger partial charge < -0.3 is 10.1 Å². The summed E-state index contributed by atoms with van der Waals surface area (Å²) in [6.45, 7) is 7.88. The number of aryl methyl sites for hydroxylation is 3. The van der Waals surface area contributed by atoms with E-state index in [-0.39, 0.29) is 5.91 Å². The second-order valence-electron chi connectivity index (χ2n) is 7.47. The summed E-state index contributed by atoms with van der Waals surface area (Å²) < 4.78 is 7.64. The molecule has 0 aliphatic carbocycles. The highest BCUT2D eigenvalue weighted by Crippen LogP contribution is 2.22. The first-order valence-electron chi connectivity index (χ1n) is 9.91. The van der Waals surface area contributed by atoms with Gasteiger partial charge in [0.1, 0.15) is 12.1 Å². The number of nitrogens with one attached hydrogen (secondary N) is 1. The molecule has 2 heterocycles. The summed E-state index contributed by atoms with van der Waals surface area (Å²) in [5.74, 6) is 1.51. The molecule has 0 atom stereocenters. The molecule has 0 fully saturated rings. The Bertz CT molecular complexity index is 1210. The number of benzene rings is 2. The predicted molar refractivity (Wildman–Crippen MR) is 119 cm³/mol. The van der Waals surface area contributed by atoms with Crippen molar-refractivity contribution in [2.75, 3.05) is 5.32 Å². The highest BCUT2D eigenvalue weighted by molar-refractivity contribution is 6.04. The Kier molecular flexibility index (Phi) is 5.49. The molecule has 156 valence electrons. The van der Waals surface area contributed by atoms with Gasteiger partial charge in [-0.05, 0) is 70.2 Å². The number of hydrogen-bond acceptors (Lipinski definition) is 5. The third-order valence-corrected chi connectivity index (χ3v) is 4.94. The molecule has 0 unspecified atom stereocenters. The second kappa shape index (κ2) is 8.39. The SMILES string of the molecule is Cc1cc(C)cc(C(=O)Nc2ccc(Oc3ccc(-n4cnc(C)c4C)nn3)cc2)c1. The molecule has 7 heteroatoms. The molecular weight excluding hydrogens is 390 g/mol. The van der Waals surface area contributed by atoms with Gasteiger partial charge in [-0.25, -0.2) is 4.98 Å². The Balaban J connectivity index is 1.41. The first-order chi connectivity index (χ1) is 14.9. The normalized spacial score (nSPS) is 10.7. The van der Waals surface area contributed by atoms with Crippen LogP contribution in [0.5, 0.6) is 11.6 Å². The quantitative estimate of drug-likeness (QED) is 0.501. The zero-order chi connectivity index (χ0) is 22.0. The van der Waals surface area contributed by atoms with Gasteiger partial charge in [0, 0.05) is 23.0 Å². The number of nitrogens with zero attached hydrogens (tertiary/aromatic N) is 4. The van der Waals surface area contributed by atoms with Crippen LogP contribution in [0.3, 0.4) is 0 Å². The molecule has 0 bridgehead atoms. The molecule has 1 N–H and O–H groups in total. The lowest BCUT2D eigenvalue weighted by Gasteiger charge is -2.09. The number of amides is 1. The summed E-state index contributed by atoms with van der Waals surface area (Å²) >= 11 is 0. The van der Waals surface area contributed by atoms with Crippen molar-refractivity contribution in [2.24, 2.45) is 0 Å². The lowest BCUT2D eigenvalue weighted by atomic mass is 10.1. The number of aromatic nitrogens is 4. The smallest absolute Gasteiger partial charge is 0.255 e. The van der Waals surface area contributed by atoms with Crippen LogP contribution < -0.4 is 10.1 Å². The van der Waals surface area contributed by atoms with Crippen LogP contribution >= 0.6 is 0 Å². The number of hydrogen-bond donors (Lipinski definition) is 1. The first kappa shape index (κ1) is 20.3. The van der Waals surface area contributed by atoms with Crippen LogP contribution in [0, 0.1) is 27.7 Å². The standard InChI is InChI=1S/C24H23N5O2/c1-15-11-16(2)13-19(12-15)24(30)26-20-5-7-21(8-6-20)31-23-10-9-22(27-28-23)29-14-25-17(3)18(29)4/h5-14H,1-4H3,(H,26,30). The van der Waals surface area contributed by atoms with E-state index >= 15 is 0 Å². The highest BCUT2D eigenvalue weighted by atomic mass is 16.5. The van der Waals surface area contributed by atoms with Gasteiger partial charge in [0.05, 0.1) is 5.69 Å². The van der Waals surface area contributed by atoms with Crippen molar-refractivity contribution in [3.05, 3.63) is 89.0 Å². The van der Waals surface area contributed by atoms with Crippen LogP contribution in [0.1, 0.15) is 32.9 Å². The molecule has 31 heavy (non-hydrogen) atoms. The predicted octanol–water partition coefficient (Wildman–Crippen LogP) is 4.94. The molecule has 0 saturated carbocycles. The third kappa shape index (κ3) is 4.61. The van der Waals surface area contributed by atoms with E-state index in [0.29, 0.717) is 28.7 Å². The molecule has 4 aromatic rings. The Morgan fingerprint density at radius 1 is 0.903 bits per heavy atom. The Hall–Kier alpha value is -4.00. The number of ether oxygens (including phenoxy) is 1. The second-order valence-corrected chi connectivity index (χ2v) is 7.47. The molecule has 4 rings (SSSR count). The van der Waals surface area contributed by atoms with Crippen molar-refractivity contribution in [2.45, 2.75) is 27.7 Å². The molecule has 0 aliphatic heterocycles. The first-order valence-corrected chi connectivity index (χ1v) is 9.91. The minimum Gasteiger partial charge on any atom is -0.438 e. The van der Waals surface area contributed by atoms with Gasteiger partial charge >= 0.3 is 0 Å². The third-order valence-electron chi connectivity index (χ3n) is 4.94. The average Bonchev–Trinajstić information content (AvgIpc) is 3.08. The van der Waals surface area contributed by atoms with Gasteiger partial charge in [0.2, 0.25) is 5.88 Å². The lowest BCUT2D eigenvalue weighted by molar-refractivity contribution is 0.102. The Morgan fingerprint density at radius 3 is 2.19 bits per heavy atom. The van der Waals surface area contributed by atoms with Gasteiger partial charge in [0.25, 0.3) is 5.91 Å². The lowest BCUT2D eigenvalue weighted by Crippen LogP contribution is -2.12. The maximum absolute atomic E-state index is 12.5. The molecular formula is C24H23N5O2. The average molecular weight is 413 g/mol. The fraction of sp³-hybridized carbons (Fsp3) is 0.167. The van der Waals surface area contributed by atoms with Crippen molar-refractivity contribution < 1.29 is 9.53 Å². The fourth-order valence-electron chi connectivity index (χ4n) is 3.26. The fourth-order valence-corrected chi connectivity index (χ4v) is 3.26. The topological polar surface area (TPSA) is 81.9 Å². The van der Waals surface area contributed by atoms with Crippen molar-refractivity contribution in [3.8, 4) is 17.4 Å². The van der Waals surface area contributed by atoms with Crippen LogP contribution in [0.2, 0.25) is 0 Å². The van der Waals surface area contributed by atoms with E-state index < -0.39 is 0 Å². The van der Waals surface area contributed by atoms with E-state index in [2.05, 4.69) is 20.5 Å². The summed E-state index contributed by atoms with van der Waals surface area (Å²) in [5.41, 5.74) is 5.40. The van der Waals surface area contributed by atoms with Crippen LogP contribution in [-0.2, 0) is 0 Å². The van der Waals surface area contributed by atoms with E-state index in [0.717, 1.165) is 22.5 Å². The number of anilines is 1. The zero-order valence-corrected chi connectivity index (χ0v) is 17.9. The minimum absolute atomic E-state index is 0.146. The summed E-state index contributed by atoms with van der Waals surface area (Å²) in [6, 6.07) is 16.5. The van der Waals surface area contributed by atoms with Crippen molar-refractivity contribution >= 4 is 11.6 Å².